The van der Waals surface area contributed by atoms with E-state index in [-0.39, 0.29) is 38.0 Å². The predicted octanol–water partition coefficient (Wildman–Crippen LogP) is 1.26. The SMILES string of the molecule is CCNC(=NCCCN(C)C)N[C@@H]1[C@H](O)[C@@H](O[C@H]2/C=C/C=C/C=C/C=C/C=C/C=C/C=C\[C@H](C)[C@@H](O)[C@@H](C)[C@H](C)OC(=O)CC(O)CC(O)CC(O)CCC(O)C(O)C[C@]3(O)CC(O)C(C(=O)O)C(C2)O3)O[C@H](C)[C@@H]1O. The van der Waals surface area contributed by atoms with Gasteiger partial charge in [0, 0.05) is 44.2 Å². The quantitative estimate of drug-likeness (QED) is 0.0669. The minimum Gasteiger partial charge on any atom is -0.481 e. The molecule has 0 saturated carbocycles. The fourth-order valence-corrected chi connectivity index (χ4v) is 9.15. The molecule has 8 unspecified atom stereocenters. The molecule has 2 bridgehead atoms. The second-order valence-corrected chi connectivity index (χ2v) is 20.6. The molecule has 3 rings (SSSR count). The highest BCUT2D eigenvalue weighted by molar-refractivity contribution is 5.80. The third kappa shape index (κ3) is 23.4. The number of fused-ring (bicyclic) bond motifs is 2. The molecule has 3 aliphatic rings. The first kappa shape index (κ1) is 66.1. The number of aliphatic hydroxyl groups is 10. The zero-order valence-electron chi connectivity index (χ0n) is 45.2. The molecule has 0 aromatic carbocycles. The van der Waals surface area contributed by atoms with Gasteiger partial charge in [-0.25, -0.2) is 0 Å². The summed E-state index contributed by atoms with van der Waals surface area (Å²) < 4.78 is 23.9. The summed E-state index contributed by atoms with van der Waals surface area (Å²) in [5.74, 6) is -6.61. The minimum absolute atomic E-state index is 0.148. The van der Waals surface area contributed by atoms with E-state index in [9.17, 15) is 65.8 Å². The summed E-state index contributed by atoms with van der Waals surface area (Å²) in [6.45, 7) is 10.4. The number of esters is 1. The van der Waals surface area contributed by atoms with Crippen molar-refractivity contribution < 1.29 is 84.7 Å². The second kappa shape index (κ2) is 34.0. The third-order valence-corrected chi connectivity index (χ3v) is 13.7. The van der Waals surface area contributed by atoms with Crippen molar-refractivity contribution in [1.82, 2.24) is 15.5 Å². The van der Waals surface area contributed by atoms with Gasteiger partial charge >= 0.3 is 11.9 Å². The number of rotatable bonds is 9. The van der Waals surface area contributed by atoms with Crippen LogP contribution < -0.4 is 10.6 Å². The Hall–Kier alpha value is -4.17. The molecular weight excluding hydrogens is 989 g/mol. The molecule has 0 aromatic heterocycles. The van der Waals surface area contributed by atoms with Crippen LogP contribution in [-0.4, -0.2) is 210 Å². The molecule has 0 radical (unpaired) electrons. The lowest BCUT2D eigenvalue weighted by Gasteiger charge is -2.45. The highest BCUT2D eigenvalue weighted by atomic mass is 16.7. The minimum atomic E-state index is -2.38. The summed E-state index contributed by atoms with van der Waals surface area (Å²) in [7, 11) is 3.90. The van der Waals surface area contributed by atoms with E-state index in [2.05, 4.69) is 15.6 Å². The van der Waals surface area contributed by atoms with E-state index in [4.69, 9.17) is 18.9 Å². The van der Waals surface area contributed by atoms with Gasteiger partial charge in [0.05, 0.1) is 73.5 Å². The van der Waals surface area contributed by atoms with E-state index in [1.54, 1.807) is 75.5 Å². The highest BCUT2D eigenvalue weighted by Crippen LogP contribution is 2.38. The van der Waals surface area contributed by atoms with Crippen LogP contribution in [0.2, 0.25) is 0 Å². The summed E-state index contributed by atoms with van der Waals surface area (Å²) in [5, 5.41) is 128. The number of aliphatic imine (C=N–C) groups is 1. The number of hydrogen-bond acceptors (Lipinski definition) is 18. The standard InChI is InChI=1S/C55H90N4O17/c1-8-56-54(57-26-21-27-59(6)7)58-48-50(68)37(5)74-53(51(48)69)75-41-23-20-18-16-14-12-10-9-11-13-15-17-19-22-34(2)49(67)35(3)36(4)73-46(66)30-40(62)29-39(61)28-38(60)24-25-42(63)43(64)32-55(72)33-44(65)47(52(70)71)45(31-41)76-55/h9-20,22-23,34-45,47-51,53,60-65,67-69,72H,8,21,24-33H2,1-7H3,(H,70,71)(H2,56,57,58)/b10-9+,13-11+,14-12+,17-15+,18-16+,22-19-,23-20+/t34-,35-,36-,37+,38?,39?,40?,41-,42?,43?,44?,45?,47?,48-,49+,50-,51-,53+,55+/m0/s1. The Morgan fingerprint density at radius 3 is 1.91 bits per heavy atom. The van der Waals surface area contributed by atoms with Crippen LogP contribution in [0, 0.1) is 17.8 Å². The van der Waals surface area contributed by atoms with E-state index < -0.39 is 141 Å². The van der Waals surface area contributed by atoms with Crippen molar-refractivity contribution in [2.24, 2.45) is 22.7 Å². The molecule has 3 aliphatic heterocycles. The van der Waals surface area contributed by atoms with Crippen LogP contribution in [0.5, 0.6) is 0 Å². The van der Waals surface area contributed by atoms with Crippen LogP contribution in [0.4, 0.5) is 0 Å². The average Bonchev–Trinajstić information content (AvgIpc) is 3.33. The van der Waals surface area contributed by atoms with Crippen molar-refractivity contribution >= 4 is 17.9 Å². The zero-order chi connectivity index (χ0) is 56.5. The number of allylic oxidation sites excluding steroid dienone is 12. The fraction of sp³-hybridized carbons (Fsp3) is 0.691. The Balaban J connectivity index is 1.94. The molecule has 76 heavy (non-hydrogen) atoms. The van der Waals surface area contributed by atoms with Gasteiger partial charge in [-0.05, 0) is 73.5 Å². The summed E-state index contributed by atoms with van der Waals surface area (Å²) >= 11 is 0. The largest absolute Gasteiger partial charge is 0.481 e. The van der Waals surface area contributed by atoms with Crippen LogP contribution >= 0.6 is 0 Å². The first-order chi connectivity index (χ1) is 35.9. The summed E-state index contributed by atoms with van der Waals surface area (Å²) in [4.78, 5) is 32.1. The number of aliphatic carboxylic acids is 1. The normalized spacial score (nSPS) is 40.9. The first-order valence-corrected chi connectivity index (χ1v) is 26.6. The Labute approximate surface area is 448 Å². The van der Waals surface area contributed by atoms with Crippen molar-refractivity contribution in [2.45, 2.75) is 190 Å². The number of cyclic esters (lactones) is 1. The molecule has 0 aliphatic carbocycles. The number of hydrogen-bond donors (Lipinski definition) is 13. The Kier molecular flexibility index (Phi) is 29.6. The van der Waals surface area contributed by atoms with Crippen LogP contribution in [0.25, 0.3) is 0 Å². The van der Waals surface area contributed by atoms with Crippen molar-refractivity contribution in [3.8, 4) is 0 Å². The maximum Gasteiger partial charge on any atom is 0.311 e. The maximum atomic E-state index is 12.7. The van der Waals surface area contributed by atoms with Gasteiger partial charge in [0.25, 0.3) is 0 Å². The summed E-state index contributed by atoms with van der Waals surface area (Å²) in [6, 6.07) is -1.06. The van der Waals surface area contributed by atoms with Gasteiger partial charge in [0.15, 0.2) is 18.0 Å². The van der Waals surface area contributed by atoms with Crippen molar-refractivity contribution in [2.75, 3.05) is 33.7 Å². The van der Waals surface area contributed by atoms with Crippen LogP contribution in [0.1, 0.15) is 92.4 Å². The molecule has 432 valence electrons. The van der Waals surface area contributed by atoms with Gasteiger partial charge < -0.3 is 90.7 Å². The van der Waals surface area contributed by atoms with E-state index in [1.165, 1.54) is 0 Å². The molecule has 21 heteroatoms. The monoisotopic (exact) mass is 1080 g/mol. The lowest BCUT2D eigenvalue weighted by Crippen LogP contribution is -2.65. The second-order valence-electron chi connectivity index (χ2n) is 20.6. The van der Waals surface area contributed by atoms with Crippen LogP contribution in [-0.2, 0) is 28.5 Å². The topological polar surface area (TPSA) is 333 Å². The molecule has 0 spiro atoms. The molecule has 2 fully saturated rings. The van der Waals surface area contributed by atoms with Gasteiger partial charge in [-0.15, -0.1) is 0 Å². The van der Waals surface area contributed by atoms with Gasteiger partial charge in [-0.1, -0.05) is 98.9 Å². The van der Waals surface area contributed by atoms with Crippen molar-refractivity contribution in [3.63, 3.8) is 0 Å². The number of nitrogens with one attached hydrogen (secondary N) is 2. The van der Waals surface area contributed by atoms with Crippen LogP contribution in [0.3, 0.4) is 0 Å². The molecule has 3 heterocycles. The average molecular weight is 1080 g/mol. The Morgan fingerprint density at radius 2 is 1.32 bits per heavy atom. The molecule has 0 aromatic rings. The number of carboxylic acids is 1. The number of nitrogens with zero attached hydrogens (tertiary/aromatic N) is 2. The van der Waals surface area contributed by atoms with E-state index in [0.717, 1.165) is 13.0 Å². The number of aliphatic hydroxyl groups excluding tert-OH is 9. The zero-order valence-corrected chi connectivity index (χ0v) is 45.2. The highest BCUT2D eigenvalue weighted by Gasteiger charge is 2.51. The molecule has 0 amide bonds. The maximum absolute atomic E-state index is 12.7. The van der Waals surface area contributed by atoms with E-state index in [1.807, 2.05) is 63.2 Å². The number of carboxylic acid groups (broad SMARTS) is 1. The first-order valence-electron chi connectivity index (χ1n) is 26.6. The number of carbonyl (C=O) groups is 2. The van der Waals surface area contributed by atoms with Gasteiger partial charge in [-0.2, -0.15) is 0 Å². The lowest BCUT2D eigenvalue weighted by molar-refractivity contribution is -0.310. The smallest absolute Gasteiger partial charge is 0.311 e. The summed E-state index contributed by atoms with van der Waals surface area (Å²) in [6.07, 6.45) is 4.09. The Bertz CT molecular complexity index is 1960. The number of guanidine groups is 1. The predicted molar refractivity (Wildman–Crippen MR) is 285 cm³/mol. The molecule has 19 atom stereocenters. The molecular formula is C55H90N4O17. The number of carbonyl (C=O) groups excluding carboxylic acids is 1. The van der Waals surface area contributed by atoms with Gasteiger partial charge in [-0.3, -0.25) is 14.6 Å². The number of ether oxygens (including phenoxy) is 4. The lowest BCUT2D eigenvalue weighted by atomic mass is 9.82. The van der Waals surface area contributed by atoms with Crippen molar-refractivity contribution in [3.05, 3.63) is 85.1 Å². The third-order valence-electron chi connectivity index (χ3n) is 13.7. The fourth-order valence-electron chi connectivity index (χ4n) is 9.15. The molecule has 13 N–H and O–H groups in total. The van der Waals surface area contributed by atoms with E-state index >= 15 is 0 Å². The van der Waals surface area contributed by atoms with E-state index in [0.29, 0.717) is 19.0 Å². The van der Waals surface area contributed by atoms with Crippen molar-refractivity contribution in [1.29, 1.82) is 0 Å². The van der Waals surface area contributed by atoms with Gasteiger partial charge in [0.2, 0.25) is 0 Å². The molecule has 21 nitrogen and oxygen atoms in total. The Morgan fingerprint density at radius 1 is 0.737 bits per heavy atom. The van der Waals surface area contributed by atoms with Crippen LogP contribution in [0.15, 0.2) is 90.1 Å². The summed E-state index contributed by atoms with van der Waals surface area (Å²) in [5.41, 5.74) is 0. The molecule has 2 saturated heterocycles. The van der Waals surface area contributed by atoms with Gasteiger partial charge in [0.1, 0.15) is 24.2 Å².